The average Bonchev–Trinajstić information content (AvgIpc) is 2.83. The van der Waals surface area contributed by atoms with Crippen molar-refractivity contribution in [1.82, 2.24) is 20.2 Å². The third-order valence-corrected chi connectivity index (χ3v) is 2.47. The lowest BCUT2D eigenvalue weighted by atomic mass is 10.1. The standard InChI is InChI=1S/C13H11FN4O/c1-9(13-15-16-17-18(13)2)3-8-12(19)10-4-6-11(14)7-5-10/h3-8H,1H2,2H3. The minimum absolute atomic E-state index is 0.240. The van der Waals surface area contributed by atoms with Gasteiger partial charge in [-0.3, -0.25) is 4.79 Å². The lowest BCUT2D eigenvalue weighted by molar-refractivity contribution is 0.104. The molecule has 1 heterocycles. The van der Waals surface area contributed by atoms with Crippen LogP contribution in [0.15, 0.2) is 43.0 Å². The number of allylic oxidation sites excluding steroid dienone is 3. The molecule has 0 radical (unpaired) electrons. The van der Waals surface area contributed by atoms with Gasteiger partial charge in [0.2, 0.25) is 0 Å². The molecule has 0 spiro atoms. The molecule has 19 heavy (non-hydrogen) atoms. The van der Waals surface area contributed by atoms with Crippen molar-refractivity contribution in [1.29, 1.82) is 0 Å². The molecule has 96 valence electrons. The zero-order valence-corrected chi connectivity index (χ0v) is 10.2. The molecular formula is C13H11FN4O. The van der Waals surface area contributed by atoms with Crippen LogP contribution >= 0.6 is 0 Å². The number of carbonyl (C=O) groups is 1. The molecule has 5 nitrogen and oxygen atoms in total. The van der Waals surface area contributed by atoms with Crippen molar-refractivity contribution in [3.05, 3.63) is 60.2 Å². The number of aryl methyl sites for hydroxylation is 1. The lowest BCUT2D eigenvalue weighted by Crippen LogP contribution is -1.98. The minimum Gasteiger partial charge on any atom is -0.289 e. The number of rotatable bonds is 4. The zero-order valence-electron chi connectivity index (χ0n) is 10.2. The van der Waals surface area contributed by atoms with Crippen LogP contribution < -0.4 is 0 Å². The predicted octanol–water partition coefficient (Wildman–Crippen LogP) is 1.80. The summed E-state index contributed by atoms with van der Waals surface area (Å²) in [4.78, 5) is 11.8. The quantitative estimate of drug-likeness (QED) is 0.476. The van der Waals surface area contributed by atoms with Gasteiger partial charge in [-0.05, 0) is 46.8 Å². The minimum atomic E-state index is -0.380. The first-order valence-corrected chi connectivity index (χ1v) is 5.47. The van der Waals surface area contributed by atoms with Gasteiger partial charge in [0.15, 0.2) is 11.6 Å². The van der Waals surface area contributed by atoms with Gasteiger partial charge in [0.25, 0.3) is 0 Å². The van der Waals surface area contributed by atoms with Crippen molar-refractivity contribution in [3.63, 3.8) is 0 Å². The molecule has 0 aliphatic carbocycles. The van der Waals surface area contributed by atoms with Crippen molar-refractivity contribution >= 4 is 11.4 Å². The molecule has 1 aromatic carbocycles. The van der Waals surface area contributed by atoms with Gasteiger partial charge in [0.1, 0.15) is 5.82 Å². The first-order chi connectivity index (χ1) is 9.08. The number of tetrazole rings is 1. The summed E-state index contributed by atoms with van der Waals surface area (Å²) >= 11 is 0. The summed E-state index contributed by atoms with van der Waals surface area (Å²) in [6.45, 7) is 3.78. The van der Waals surface area contributed by atoms with Crippen molar-refractivity contribution < 1.29 is 9.18 Å². The molecule has 0 aliphatic rings. The number of hydrogen-bond acceptors (Lipinski definition) is 4. The van der Waals surface area contributed by atoms with Gasteiger partial charge in [-0.1, -0.05) is 6.58 Å². The van der Waals surface area contributed by atoms with E-state index in [0.717, 1.165) is 0 Å². The second-order valence-corrected chi connectivity index (χ2v) is 3.86. The third-order valence-electron chi connectivity index (χ3n) is 2.47. The van der Waals surface area contributed by atoms with Gasteiger partial charge in [-0.2, -0.15) is 0 Å². The van der Waals surface area contributed by atoms with Crippen molar-refractivity contribution in [2.75, 3.05) is 0 Å². The van der Waals surface area contributed by atoms with Crippen LogP contribution in [0.2, 0.25) is 0 Å². The van der Waals surface area contributed by atoms with Crippen LogP contribution in [-0.2, 0) is 7.05 Å². The van der Waals surface area contributed by atoms with Gasteiger partial charge < -0.3 is 0 Å². The Kier molecular flexibility index (Phi) is 3.61. The van der Waals surface area contributed by atoms with Crippen molar-refractivity contribution in [3.8, 4) is 0 Å². The maximum Gasteiger partial charge on any atom is 0.185 e. The fraction of sp³-hybridized carbons (Fsp3) is 0.0769. The molecule has 0 fully saturated rings. The largest absolute Gasteiger partial charge is 0.289 e. The smallest absolute Gasteiger partial charge is 0.185 e. The highest BCUT2D eigenvalue weighted by Gasteiger charge is 2.05. The Balaban J connectivity index is 2.11. The van der Waals surface area contributed by atoms with Gasteiger partial charge >= 0.3 is 0 Å². The Morgan fingerprint density at radius 1 is 1.32 bits per heavy atom. The number of ketones is 1. The Labute approximate surface area is 109 Å². The van der Waals surface area contributed by atoms with Gasteiger partial charge in [0, 0.05) is 18.2 Å². The molecule has 0 bridgehead atoms. The van der Waals surface area contributed by atoms with E-state index in [0.29, 0.717) is 17.0 Å². The van der Waals surface area contributed by atoms with Crippen molar-refractivity contribution in [2.45, 2.75) is 0 Å². The van der Waals surface area contributed by atoms with Crippen molar-refractivity contribution in [2.24, 2.45) is 7.05 Å². The SMILES string of the molecule is C=C(C=CC(=O)c1ccc(F)cc1)c1nnnn1C. The van der Waals surface area contributed by atoms with E-state index in [1.165, 1.54) is 41.1 Å². The molecule has 0 atom stereocenters. The van der Waals surface area contributed by atoms with E-state index < -0.39 is 0 Å². The van der Waals surface area contributed by atoms with E-state index in [2.05, 4.69) is 22.1 Å². The molecule has 2 rings (SSSR count). The molecule has 1 aromatic heterocycles. The molecule has 0 amide bonds. The summed E-state index contributed by atoms with van der Waals surface area (Å²) in [5, 5.41) is 10.9. The van der Waals surface area contributed by atoms with Crippen LogP contribution in [0.25, 0.3) is 5.57 Å². The molecule has 0 saturated carbocycles. The Morgan fingerprint density at radius 3 is 2.58 bits per heavy atom. The van der Waals surface area contributed by atoms with Gasteiger partial charge in [-0.15, -0.1) is 5.10 Å². The second-order valence-electron chi connectivity index (χ2n) is 3.86. The maximum absolute atomic E-state index is 12.7. The second kappa shape index (κ2) is 5.34. The summed E-state index contributed by atoms with van der Waals surface area (Å²) in [6.07, 6.45) is 2.88. The van der Waals surface area contributed by atoms with Crippen LogP contribution in [0.1, 0.15) is 16.2 Å². The van der Waals surface area contributed by atoms with E-state index in [1.807, 2.05) is 0 Å². The first kappa shape index (κ1) is 12.8. The Morgan fingerprint density at radius 2 is 2.00 bits per heavy atom. The number of carbonyl (C=O) groups excluding carboxylic acids is 1. The van der Waals surface area contributed by atoms with Gasteiger partial charge in [0.05, 0.1) is 0 Å². The summed E-state index contributed by atoms with van der Waals surface area (Å²) < 4.78 is 14.2. The fourth-order valence-corrected chi connectivity index (χ4v) is 1.46. The van der Waals surface area contributed by atoms with Crippen LogP contribution in [0.4, 0.5) is 4.39 Å². The van der Waals surface area contributed by atoms with Gasteiger partial charge in [-0.25, -0.2) is 9.07 Å². The zero-order chi connectivity index (χ0) is 13.8. The highest BCUT2D eigenvalue weighted by Crippen LogP contribution is 2.10. The lowest BCUT2D eigenvalue weighted by Gasteiger charge is -1.97. The molecule has 0 saturated heterocycles. The number of aromatic nitrogens is 4. The molecule has 2 aromatic rings. The summed E-state index contributed by atoms with van der Waals surface area (Å²) in [5.74, 6) is -0.144. The Hall–Kier alpha value is -2.63. The van der Waals surface area contributed by atoms with Crippen LogP contribution in [-0.4, -0.2) is 26.0 Å². The number of nitrogens with zero attached hydrogens (tertiary/aromatic N) is 4. The molecular weight excluding hydrogens is 247 g/mol. The number of hydrogen-bond donors (Lipinski definition) is 0. The fourth-order valence-electron chi connectivity index (χ4n) is 1.46. The monoisotopic (exact) mass is 258 g/mol. The van der Waals surface area contributed by atoms with Crippen LogP contribution in [0, 0.1) is 5.82 Å². The van der Waals surface area contributed by atoms with E-state index in [9.17, 15) is 9.18 Å². The van der Waals surface area contributed by atoms with Crippen LogP contribution in [0.3, 0.4) is 0 Å². The predicted molar refractivity (Wildman–Crippen MR) is 67.7 cm³/mol. The highest BCUT2D eigenvalue weighted by molar-refractivity contribution is 6.05. The molecule has 6 heteroatoms. The number of benzene rings is 1. The molecule has 0 unspecified atom stereocenters. The average molecular weight is 258 g/mol. The summed E-state index contributed by atoms with van der Waals surface area (Å²) in [6, 6.07) is 5.33. The highest BCUT2D eigenvalue weighted by atomic mass is 19.1. The van der Waals surface area contributed by atoms with E-state index in [1.54, 1.807) is 7.05 Å². The summed E-state index contributed by atoms with van der Waals surface area (Å²) in [5.41, 5.74) is 0.921. The molecule has 0 N–H and O–H groups in total. The topological polar surface area (TPSA) is 60.7 Å². The third kappa shape index (κ3) is 2.98. The van der Waals surface area contributed by atoms with Crippen LogP contribution in [0.5, 0.6) is 0 Å². The normalized spacial score (nSPS) is 10.8. The van der Waals surface area contributed by atoms with E-state index in [4.69, 9.17) is 0 Å². The van der Waals surface area contributed by atoms with E-state index >= 15 is 0 Å². The molecule has 0 aliphatic heterocycles. The first-order valence-electron chi connectivity index (χ1n) is 5.47. The van der Waals surface area contributed by atoms with E-state index in [-0.39, 0.29) is 11.6 Å². The summed E-state index contributed by atoms with van der Waals surface area (Å²) in [7, 11) is 1.68. The Bertz CT molecular complexity index is 643. The maximum atomic E-state index is 12.7. The number of halogens is 1.